The van der Waals surface area contributed by atoms with Crippen LogP contribution >= 0.6 is 22.6 Å². The van der Waals surface area contributed by atoms with Gasteiger partial charge in [-0.1, -0.05) is 0 Å². The number of benzene rings is 1. The van der Waals surface area contributed by atoms with E-state index >= 15 is 0 Å². The van der Waals surface area contributed by atoms with Crippen molar-refractivity contribution in [2.45, 2.75) is 6.92 Å². The monoisotopic (exact) mass is 309 g/mol. The summed E-state index contributed by atoms with van der Waals surface area (Å²) in [4.78, 5) is 11.2. The van der Waals surface area contributed by atoms with E-state index in [1.807, 2.05) is 0 Å². The molecule has 0 radical (unpaired) electrons. The van der Waals surface area contributed by atoms with Gasteiger partial charge in [-0.05, 0) is 41.1 Å². The molecule has 0 aliphatic carbocycles. The largest absolute Gasteiger partial charge is 0.465 e. The van der Waals surface area contributed by atoms with E-state index in [9.17, 15) is 9.18 Å². The molecule has 3 nitrogen and oxygen atoms in total. The molecule has 0 fully saturated rings. The Labute approximate surface area is 94.6 Å². The number of ether oxygens (including phenoxy) is 1. The van der Waals surface area contributed by atoms with Crippen molar-refractivity contribution in [3.05, 3.63) is 26.6 Å². The standard InChI is InChI=1S/C9H9FINO2/c1-4-6(12)3-5(11)8(10)7(4)9(13)14-2/h3H,12H2,1-2H3. The van der Waals surface area contributed by atoms with Crippen LogP contribution < -0.4 is 5.73 Å². The molecule has 0 atom stereocenters. The SMILES string of the molecule is COC(=O)c1c(C)c(N)cc(I)c1F. The third kappa shape index (κ3) is 1.82. The van der Waals surface area contributed by atoms with Crippen molar-refractivity contribution >= 4 is 34.2 Å². The number of hydrogen-bond acceptors (Lipinski definition) is 3. The smallest absolute Gasteiger partial charge is 0.341 e. The maximum absolute atomic E-state index is 13.5. The minimum absolute atomic E-state index is 0.0862. The molecule has 0 unspecified atom stereocenters. The summed E-state index contributed by atoms with van der Waals surface area (Å²) in [7, 11) is 1.21. The van der Waals surface area contributed by atoms with Gasteiger partial charge in [-0.15, -0.1) is 0 Å². The minimum atomic E-state index is -0.704. The van der Waals surface area contributed by atoms with Gasteiger partial charge in [0, 0.05) is 5.69 Å². The Bertz CT molecular complexity index is 367. The van der Waals surface area contributed by atoms with E-state index in [1.165, 1.54) is 13.2 Å². The molecule has 0 amide bonds. The summed E-state index contributed by atoms with van der Waals surface area (Å²) >= 11 is 1.78. The molecule has 5 heteroatoms. The summed E-state index contributed by atoms with van der Waals surface area (Å²) < 4.78 is 18.3. The van der Waals surface area contributed by atoms with Crippen LogP contribution in [-0.4, -0.2) is 13.1 Å². The van der Waals surface area contributed by atoms with Crippen LogP contribution in [-0.2, 0) is 4.74 Å². The summed E-state index contributed by atoms with van der Waals surface area (Å²) in [5, 5.41) is 0. The molecular weight excluding hydrogens is 300 g/mol. The molecule has 0 bridgehead atoms. The van der Waals surface area contributed by atoms with Crippen molar-refractivity contribution in [3.8, 4) is 0 Å². The molecule has 0 aromatic heterocycles. The minimum Gasteiger partial charge on any atom is -0.465 e. The third-order valence-corrected chi connectivity index (χ3v) is 2.69. The molecule has 0 spiro atoms. The van der Waals surface area contributed by atoms with Gasteiger partial charge in [-0.25, -0.2) is 9.18 Å². The van der Waals surface area contributed by atoms with Gasteiger partial charge in [-0.3, -0.25) is 0 Å². The van der Waals surface area contributed by atoms with Gasteiger partial charge in [0.25, 0.3) is 0 Å². The Morgan fingerprint density at radius 3 is 2.71 bits per heavy atom. The van der Waals surface area contributed by atoms with Gasteiger partial charge >= 0.3 is 5.97 Å². The number of nitrogens with two attached hydrogens (primary N) is 1. The zero-order chi connectivity index (χ0) is 10.9. The number of carbonyl (C=O) groups excluding carboxylic acids is 1. The number of esters is 1. The van der Waals surface area contributed by atoms with E-state index in [1.54, 1.807) is 29.5 Å². The molecule has 0 saturated carbocycles. The fourth-order valence-corrected chi connectivity index (χ4v) is 1.69. The van der Waals surface area contributed by atoms with Gasteiger partial charge in [0.05, 0.1) is 10.7 Å². The number of methoxy groups -OCH3 is 1. The molecular formula is C9H9FINO2. The first-order valence-electron chi connectivity index (χ1n) is 3.81. The van der Waals surface area contributed by atoms with Crippen molar-refractivity contribution < 1.29 is 13.9 Å². The Balaban J connectivity index is 3.47. The van der Waals surface area contributed by atoms with Crippen molar-refractivity contribution in [3.63, 3.8) is 0 Å². The van der Waals surface area contributed by atoms with Crippen LogP contribution in [0.15, 0.2) is 6.07 Å². The average molecular weight is 309 g/mol. The van der Waals surface area contributed by atoms with Crippen LogP contribution in [0.25, 0.3) is 0 Å². The average Bonchev–Trinajstić information content (AvgIpc) is 2.15. The van der Waals surface area contributed by atoms with Crippen LogP contribution in [0.5, 0.6) is 0 Å². The highest BCUT2D eigenvalue weighted by molar-refractivity contribution is 14.1. The Kier molecular flexibility index (Phi) is 3.30. The first-order chi connectivity index (χ1) is 6.49. The molecule has 0 saturated heterocycles. The van der Waals surface area contributed by atoms with E-state index < -0.39 is 11.8 Å². The third-order valence-electron chi connectivity index (χ3n) is 1.91. The molecule has 0 aliphatic heterocycles. The van der Waals surface area contributed by atoms with Gasteiger partial charge in [0.15, 0.2) is 5.82 Å². The van der Waals surface area contributed by atoms with Crippen LogP contribution in [0.1, 0.15) is 15.9 Å². The lowest BCUT2D eigenvalue weighted by atomic mass is 10.1. The molecule has 14 heavy (non-hydrogen) atoms. The molecule has 1 aromatic carbocycles. The highest BCUT2D eigenvalue weighted by Crippen LogP contribution is 2.25. The van der Waals surface area contributed by atoms with Crippen molar-refractivity contribution in [2.75, 3.05) is 12.8 Å². The fraction of sp³-hybridized carbons (Fsp3) is 0.222. The second-order valence-electron chi connectivity index (χ2n) is 2.75. The summed E-state index contributed by atoms with van der Waals surface area (Å²) in [6.07, 6.45) is 0. The number of hydrogen-bond donors (Lipinski definition) is 1. The summed E-state index contributed by atoms with van der Waals surface area (Å²) in [5.41, 5.74) is 6.31. The number of nitrogen functional groups attached to an aromatic ring is 1. The lowest BCUT2D eigenvalue weighted by Crippen LogP contribution is -2.10. The van der Waals surface area contributed by atoms with Crippen molar-refractivity contribution in [1.82, 2.24) is 0 Å². The van der Waals surface area contributed by atoms with E-state index in [0.29, 0.717) is 14.8 Å². The van der Waals surface area contributed by atoms with E-state index in [-0.39, 0.29) is 5.56 Å². The first-order valence-corrected chi connectivity index (χ1v) is 4.89. The second-order valence-corrected chi connectivity index (χ2v) is 3.92. The molecule has 0 heterocycles. The van der Waals surface area contributed by atoms with E-state index in [2.05, 4.69) is 4.74 Å². The zero-order valence-electron chi connectivity index (χ0n) is 7.73. The van der Waals surface area contributed by atoms with Crippen LogP contribution in [0.3, 0.4) is 0 Å². The lowest BCUT2D eigenvalue weighted by molar-refractivity contribution is 0.0594. The molecule has 1 rings (SSSR count). The first kappa shape index (κ1) is 11.2. The second kappa shape index (κ2) is 4.12. The predicted octanol–water partition coefficient (Wildman–Crippen LogP) is 2.11. The highest BCUT2D eigenvalue weighted by atomic mass is 127. The zero-order valence-corrected chi connectivity index (χ0v) is 9.88. The summed E-state index contributed by atoms with van der Waals surface area (Å²) in [6, 6.07) is 1.48. The Morgan fingerprint density at radius 2 is 2.21 bits per heavy atom. The Morgan fingerprint density at radius 1 is 1.64 bits per heavy atom. The van der Waals surface area contributed by atoms with Gasteiger partial charge in [-0.2, -0.15) is 0 Å². The van der Waals surface area contributed by atoms with Crippen LogP contribution in [0.2, 0.25) is 0 Å². The maximum atomic E-state index is 13.5. The van der Waals surface area contributed by atoms with Gasteiger partial charge in [0.1, 0.15) is 5.56 Å². The van der Waals surface area contributed by atoms with Gasteiger partial charge in [0.2, 0.25) is 0 Å². The van der Waals surface area contributed by atoms with Crippen LogP contribution in [0.4, 0.5) is 10.1 Å². The highest BCUT2D eigenvalue weighted by Gasteiger charge is 2.19. The number of carbonyl (C=O) groups is 1. The maximum Gasteiger partial charge on any atom is 0.341 e. The predicted molar refractivity (Wildman–Crippen MR) is 59.6 cm³/mol. The normalized spacial score (nSPS) is 10.0. The molecule has 0 aliphatic rings. The van der Waals surface area contributed by atoms with Crippen molar-refractivity contribution in [2.24, 2.45) is 0 Å². The van der Waals surface area contributed by atoms with E-state index in [4.69, 9.17) is 5.73 Å². The summed E-state index contributed by atoms with van der Waals surface area (Å²) in [5.74, 6) is -1.28. The summed E-state index contributed by atoms with van der Waals surface area (Å²) in [6.45, 7) is 1.58. The lowest BCUT2D eigenvalue weighted by Gasteiger charge is -2.09. The quantitative estimate of drug-likeness (QED) is 0.491. The topological polar surface area (TPSA) is 52.3 Å². The number of anilines is 1. The fourth-order valence-electron chi connectivity index (χ4n) is 1.08. The molecule has 76 valence electrons. The van der Waals surface area contributed by atoms with E-state index in [0.717, 1.165) is 0 Å². The molecule has 2 N–H and O–H groups in total. The number of halogens is 2. The van der Waals surface area contributed by atoms with Crippen molar-refractivity contribution in [1.29, 1.82) is 0 Å². The Hall–Kier alpha value is -0.850. The number of rotatable bonds is 1. The van der Waals surface area contributed by atoms with Crippen LogP contribution in [0, 0.1) is 16.3 Å². The van der Waals surface area contributed by atoms with Gasteiger partial charge < -0.3 is 10.5 Å². The molecule has 1 aromatic rings.